The lowest BCUT2D eigenvalue weighted by molar-refractivity contribution is -0.274. The van der Waals surface area contributed by atoms with E-state index in [4.69, 9.17) is 0 Å². The van der Waals surface area contributed by atoms with Crippen molar-refractivity contribution in [3.63, 3.8) is 0 Å². The largest absolute Gasteiger partial charge is 0.573 e. The molecule has 0 saturated carbocycles. The molecule has 0 spiro atoms. The van der Waals surface area contributed by atoms with Crippen LogP contribution >= 0.6 is 0 Å². The van der Waals surface area contributed by atoms with Crippen LogP contribution in [-0.2, 0) is 4.79 Å². The third-order valence-corrected chi connectivity index (χ3v) is 3.23. The monoisotopic (exact) mass is 302 g/mol. The second-order valence-electron chi connectivity index (χ2n) is 4.94. The summed E-state index contributed by atoms with van der Waals surface area (Å²) in [5.74, 6) is -0.734. The van der Waals surface area contributed by atoms with Gasteiger partial charge in [0.2, 0.25) is 5.91 Å². The number of piperidine rings is 1. The Morgan fingerprint density at radius 2 is 2.10 bits per heavy atom. The molecule has 1 aromatic carbocycles. The molecule has 7 heteroatoms. The number of amides is 1. The average Bonchev–Trinajstić information content (AvgIpc) is 2.40. The van der Waals surface area contributed by atoms with Gasteiger partial charge in [0.15, 0.2) is 5.75 Å². The van der Waals surface area contributed by atoms with E-state index in [-0.39, 0.29) is 24.1 Å². The van der Waals surface area contributed by atoms with Crippen LogP contribution in [0.2, 0.25) is 0 Å². The molecule has 1 aliphatic heterocycles. The Hall–Kier alpha value is -1.76. The van der Waals surface area contributed by atoms with Gasteiger partial charge in [0.05, 0.1) is 5.69 Å². The van der Waals surface area contributed by atoms with Gasteiger partial charge in [0, 0.05) is 12.5 Å². The molecule has 1 aliphatic rings. The minimum Gasteiger partial charge on any atom is -0.404 e. The van der Waals surface area contributed by atoms with Crippen LogP contribution in [0, 0.1) is 0 Å². The van der Waals surface area contributed by atoms with Gasteiger partial charge >= 0.3 is 6.36 Å². The number of para-hydroxylation sites is 2. The molecule has 0 aromatic heterocycles. The summed E-state index contributed by atoms with van der Waals surface area (Å²) in [7, 11) is 0. The standard InChI is InChI=1S/C14H17F3N2O2/c15-14(16,17)21-12-7-2-1-6-11(12)19-13(20)9-10-5-3-4-8-18-10/h1-2,6-7,10,18H,3-5,8-9H2,(H,19,20). The van der Waals surface area contributed by atoms with Gasteiger partial charge in [-0.1, -0.05) is 18.6 Å². The van der Waals surface area contributed by atoms with Crippen molar-refractivity contribution < 1.29 is 22.7 Å². The lowest BCUT2D eigenvalue weighted by Gasteiger charge is -2.23. The predicted octanol–water partition coefficient (Wildman–Crippen LogP) is 3.06. The summed E-state index contributed by atoms with van der Waals surface area (Å²) < 4.78 is 40.8. The number of halogens is 3. The Morgan fingerprint density at radius 1 is 1.33 bits per heavy atom. The molecule has 0 bridgehead atoms. The van der Waals surface area contributed by atoms with Crippen LogP contribution in [0.15, 0.2) is 24.3 Å². The number of ether oxygens (including phenoxy) is 1. The zero-order chi connectivity index (χ0) is 15.3. The maximum Gasteiger partial charge on any atom is 0.573 e. The molecule has 1 heterocycles. The van der Waals surface area contributed by atoms with E-state index >= 15 is 0 Å². The molecule has 2 N–H and O–H groups in total. The fraction of sp³-hybridized carbons (Fsp3) is 0.500. The maximum atomic E-state index is 12.3. The van der Waals surface area contributed by atoms with Crippen molar-refractivity contribution in [3.8, 4) is 5.75 Å². The Bertz CT molecular complexity index is 485. The molecule has 21 heavy (non-hydrogen) atoms. The summed E-state index contributed by atoms with van der Waals surface area (Å²) in [6, 6.07) is 5.58. The lowest BCUT2D eigenvalue weighted by atomic mass is 10.0. The fourth-order valence-corrected chi connectivity index (χ4v) is 2.31. The van der Waals surface area contributed by atoms with Gasteiger partial charge in [-0.05, 0) is 31.5 Å². The fourth-order valence-electron chi connectivity index (χ4n) is 2.31. The third kappa shape index (κ3) is 5.26. The molecule has 1 amide bonds. The van der Waals surface area contributed by atoms with Crippen molar-refractivity contribution in [3.05, 3.63) is 24.3 Å². The minimum atomic E-state index is -4.79. The molecule has 0 aliphatic carbocycles. The Labute approximate surface area is 120 Å². The van der Waals surface area contributed by atoms with Crippen molar-refractivity contribution in [2.75, 3.05) is 11.9 Å². The van der Waals surface area contributed by atoms with Gasteiger partial charge in [-0.2, -0.15) is 0 Å². The molecule has 1 fully saturated rings. The Kier molecular flexibility index (Phi) is 5.06. The molecule has 0 radical (unpaired) electrons. The van der Waals surface area contributed by atoms with Crippen molar-refractivity contribution in [2.45, 2.75) is 38.1 Å². The van der Waals surface area contributed by atoms with E-state index in [9.17, 15) is 18.0 Å². The molecule has 1 saturated heterocycles. The number of alkyl halides is 3. The number of carbonyl (C=O) groups excluding carboxylic acids is 1. The summed E-state index contributed by atoms with van der Waals surface area (Å²) in [6.07, 6.45) is -1.51. The number of hydrogen-bond donors (Lipinski definition) is 2. The van der Waals surface area contributed by atoms with Gasteiger partial charge in [-0.25, -0.2) is 0 Å². The number of hydrogen-bond acceptors (Lipinski definition) is 3. The number of carbonyl (C=O) groups is 1. The molecular weight excluding hydrogens is 285 g/mol. The van der Waals surface area contributed by atoms with Crippen LogP contribution in [0.5, 0.6) is 5.75 Å². The molecular formula is C14H17F3N2O2. The summed E-state index contributed by atoms with van der Waals surface area (Å²) >= 11 is 0. The minimum absolute atomic E-state index is 0.0237. The van der Waals surface area contributed by atoms with Crippen molar-refractivity contribution >= 4 is 11.6 Å². The van der Waals surface area contributed by atoms with Crippen molar-refractivity contribution in [1.82, 2.24) is 5.32 Å². The van der Waals surface area contributed by atoms with Crippen LogP contribution in [0.4, 0.5) is 18.9 Å². The van der Waals surface area contributed by atoms with Crippen molar-refractivity contribution in [1.29, 1.82) is 0 Å². The average molecular weight is 302 g/mol. The highest BCUT2D eigenvalue weighted by Gasteiger charge is 2.32. The van der Waals surface area contributed by atoms with Gasteiger partial charge in [0.1, 0.15) is 0 Å². The number of anilines is 1. The SMILES string of the molecule is O=C(CC1CCCCN1)Nc1ccccc1OC(F)(F)F. The summed E-state index contributed by atoms with van der Waals surface area (Å²) in [5.41, 5.74) is 0.0237. The normalized spacial score (nSPS) is 19.1. The third-order valence-electron chi connectivity index (χ3n) is 3.23. The van der Waals surface area contributed by atoms with Gasteiger partial charge in [-0.15, -0.1) is 13.2 Å². The highest BCUT2D eigenvalue weighted by Crippen LogP contribution is 2.30. The number of rotatable bonds is 4. The van der Waals surface area contributed by atoms with Crippen LogP contribution in [0.25, 0.3) is 0 Å². The number of benzene rings is 1. The number of nitrogens with one attached hydrogen (secondary N) is 2. The quantitative estimate of drug-likeness (QED) is 0.899. The molecule has 4 nitrogen and oxygen atoms in total. The van der Waals surface area contributed by atoms with Crippen LogP contribution in [0.3, 0.4) is 0 Å². The first kappa shape index (κ1) is 15.6. The van der Waals surface area contributed by atoms with E-state index in [2.05, 4.69) is 15.4 Å². The zero-order valence-electron chi connectivity index (χ0n) is 11.4. The topological polar surface area (TPSA) is 50.4 Å². The molecule has 2 rings (SSSR count). The smallest absolute Gasteiger partial charge is 0.404 e. The van der Waals surface area contributed by atoms with E-state index in [0.717, 1.165) is 25.8 Å². The first-order chi connectivity index (χ1) is 9.94. The first-order valence-corrected chi connectivity index (χ1v) is 6.82. The maximum absolute atomic E-state index is 12.3. The molecule has 1 atom stereocenters. The van der Waals surface area contributed by atoms with Gasteiger partial charge < -0.3 is 15.4 Å². The predicted molar refractivity (Wildman–Crippen MR) is 72.0 cm³/mol. The summed E-state index contributed by atoms with van der Waals surface area (Å²) in [6.45, 7) is 0.867. The summed E-state index contributed by atoms with van der Waals surface area (Å²) in [5, 5.41) is 5.69. The second-order valence-corrected chi connectivity index (χ2v) is 4.94. The van der Waals surface area contributed by atoms with Gasteiger partial charge in [-0.3, -0.25) is 4.79 Å². The Morgan fingerprint density at radius 3 is 2.76 bits per heavy atom. The lowest BCUT2D eigenvalue weighted by Crippen LogP contribution is -2.37. The summed E-state index contributed by atoms with van der Waals surface area (Å²) in [4.78, 5) is 11.9. The van der Waals surface area contributed by atoms with E-state index < -0.39 is 12.1 Å². The van der Waals surface area contributed by atoms with Crippen molar-refractivity contribution in [2.24, 2.45) is 0 Å². The van der Waals surface area contributed by atoms with E-state index in [0.29, 0.717) is 0 Å². The second kappa shape index (κ2) is 6.80. The van der Waals surface area contributed by atoms with E-state index in [1.807, 2.05) is 0 Å². The van der Waals surface area contributed by atoms with Crippen LogP contribution in [0.1, 0.15) is 25.7 Å². The van der Waals surface area contributed by atoms with Crippen LogP contribution in [-0.4, -0.2) is 24.9 Å². The zero-order valence-corrected chi connectivity index (χ0v) is 11.4. The van der Waals surface area contributed by atoms with Crippen LogP contribution < -0.4 is 15.4 Å². The van der Waals surface area contributed by atoms with Gasteiger partial charge in [0.25, 0.3) is 0 Å². The Balaban J connectivity index is 1.96. The first-order valence-electron chi connectivity index (χ1n) is 6.82. The van der Waals surface area contributed by atoms with E-state index in [1.54, 1.807) is 0 Å². The highest BCUT2D eigenvalue weighted by atomic mass is 19.4. The molecule has 116 valence electrons. The molecule has 1 unspecified atom stereocenters. The highest BCUT2D eigenvalue weighted by molar-refractivity contribution is 5.92. The molecule has 1 aromatic rings. The van der Waals surface area contributed by atoms with E-state index in [1.165, 1.54) is 24.3 Å².